The third-order valence-electron chi connectivity index (χ3n) is 4.99. The van der Waals surface area contributed by atoms with Gasteiger partial charge in [-0.1, -0.05) is 18.2 Å². The van der Waals surface area contributed by atoms with Gasteiger partial charge in [0.25, 0.3) is 0 Å². The Labute approximate surface area is 165 Å². The van der Waals surface area contributed by atoms with Gasteiger partial charge in [0.05, 0.1) is 7.11 Å². The van der Waals surface area contributed by atoms with Gasteiger partial charge < -0.3 is 14.9 Å². The van der Waals surface area contributed by atoms with E-state index in [1.165, 1.54) is 5.56 Å². The van der Waals surface area contributed by atoms with Crippen LogP contribution in [-0.4, -0.2) is 66.0 Å². The number of piperazine rings is 1. The predicted octanol–water partition coefficient (Wildman–Crippen LogP) is 3.04. The molecule has 0 amide bonds. The van der Waals surface area contributed by atoms with Crippen LogP contribution in [0.4, 0.5) is 0 Å². The lowest BCUT2D eigenvalue weighted by Gasteiger charge is -2.41. The lowest BCUT2D eigenvalue weighted by molar-refractivity contribution is 0.0598. The molecule has 1 atom stereocenters. The van der Waals surface area contributed by atoms with E-state index in [1.807, 2.05) is 12.1 Å². The van der Waals surface area contributed by atoms with Crippen molar-refractivity contribution in [3.8, 4) is 11.5 Å². The Morgan fingerprint density at radius 2 is 2.19 bits per heavy atom. The maximum absolute atomic E-state index is 9.68. The highest BCUT2D eigenvalue weighted by atomic mass is 32.1. The van der Waals surface area contributed by atoms with E-state index in [2.05, 4.69) is 38.8 Å². The van der Waals surface area contributed by atoms with Crippen molar-refractivity contribution in [3.63, 3.8) is 0 Å². The zero-order valence-electron chi connectivity index (χ0n) is 15.8. The molecule has 2 aromatic rings. The minimum Gasteiger partial charge on any atom is -0.504 e. The van der Waals surface area contributed by atoms with E-state index in [9.17, 15) is 10.2 Å². The molecule has 3 rings (SSSR count). The molecule has 0 spiro atoms. The number of phenolic OH excluding ortho intramolecular Hbond substituents is 1. The van der Waals surface area contributed by atoms with Crippen LogP contribution >= 0.6 is 11.3 Å². The maximum atomic E-state index is 9.68. The molecular formula is C21H28N2O3S. The molecule has 0 unspecified atom stereocenters. The molecule has 6 heteroatoms. The average Bonchev–Trinajstić information content (AvgIpc) is 3.18. The van der Waals surface area contributed by atoms with E-state index in [-0.39, 0.29) is 12.4 Å². The lowest BCUT2D eigenvalue weighted by atomic mass is 10.1. The number of hydrogen-bond donors (Lipinski definition) is 2. The number of aromatic hydroxyl groups is 1. The SMILES string of the molecule is COc1cc(/C=C/CN2CCN(Cc3ccsc3)[C@@H](CCO)C2)ccc1O. The Hall–Kier alpha value is -1.86. The van der Waals surface area contributed by atoms with Gasteiger partial charge in [-0.15, -0.1) is 0 Å². The fraction of sp³-hybridized carbons (Fsp3) is 0.429. The normalized spacial score (nSPS) is 19.0. The molecule has 1 saturated heterocycles. The summed E-state index contributed by atoms with van der Waals surface area (Å²) in [5.41, 5.74) is 2.37. The van der Waals surface area contributed by atoms with Crippen LogP contribution in [0, 0.1) is 0 Å². The van der Waals surface area contributed by atoms with Crippen LogP contribution in [0.15, 0.2) is 41.1 Å². The standard InChI is InChI=1S/C21H28N2O3S/c1-26-21-13-17(4-5-20(21)25)3-2-8-22-9-10-23(19(15-22)6-11-24)14-18-7-12-27-16-18/h2-5,7,12-13,16,19,24-25H,6,8-11,14-15H2,1H3/b3-2+/t19-/m0/s1. The van der Waals surface area contributed by atoms with Gasteiger partial charge in [-0.05, 0) is 46.5 Å². The number of aliphatic hydroxyl groups is 1. The first-order valence-corrected chi connectivity index (χ1v) is 10.3. The second-order valence-corrected chi connectivity index (χ2v) is 7.64. The molecule has 1 fully saturated rings. The van der Waals surface area contributed by atoms with Gasteiger partial charge in [-0.2, -0.15) is 11.3 Å². The Kier molecular flexibility index (Phi) is 7.29. The van der Waals surface area contributed by atoms with Crippen molar-refractivity contribution in [2.75, 3.05) is 39.9 Å². The quantitative estimate of drug-likeness (QED) is 0.728. The van der Waals surface area contributed by atoms with Crippen LogP contribution in [0.1, 0.15) is 17.5 Å². The smallest absolute Gasteiger partial charge is 0.161 e. The highest BCUT2D eigenvalue weighted by Crippen LogP contribution is 2.26. The van der Waals surface area contributed by atoms with Crippen LogP contribution in [-0.2, 0) is 6.54 Å². The number of rotatable bonds is 8. The molecule has 1 aliphatic rings. The van der Waals surface area contributed by atoms with E-state index in [1.54, 1.807) is 24.5 Å². The molecule has 5 nitrogen and oxygen atoms in total. The summed E-state index contributed by atoms with van der Waals surface area (Å²) < 4.78 is 5.15. The van der Waals surface area contributed by atoms with Crippen molar-refractivity contribution in [3.05, 3.63) is 52.2 Å². The molecular weight excluding hydrogens is 360 g/mol. The van der Waals surface area contributed by atoms with Crippen molar-refractivity contribution in [2.45, 2.75) is 19.0 Å². The lowest BCUT2D eigenvalue weighted by Crippen LogP contribution is -2.52. The zero-order valence-corrected chi connectivity index (χ0v) is 16.6. The molecule has 146 valence electrons. The fourth-order valence-electron chi connectivity index (χ4n) is 3.51. The number of methoxy groups -OCH3 is 1. The largest absolute Gasteiger partial charge is 0.504 e. The number of ether oxygens (including phenoxy) is 1. The first kappa shape index (κ1) is 19.9. The fourth-order valence-corrected chi connectivity index (χ4v) is 4.17. The van der Waals surface area contributed by atoms with Gasteiger partial charge in [0.1, 0.15) is 0 Å². The van der Waals surface area contributed by atoms with Gasteiger partial charge in [0, 0.05) is 45.4 Å². The average molecular weight is 389 g/mol. The zero-order chi connectivity index (χ0) is 19.1. The summed E-state index contributed by atoms with van der Waals surface area (Å²) in [5.74, 6) is 0.644. The Bertz CT molecular complexity index is 733. The third-order valence-corrected chi connectivity index (χ3v) is 5.73. The molecule has 0 radical (unpaired) electrons. The Morgan fingerprint density at radius 3 is 2.93 bits per heavy atom. The number of hydrogen-bond acceptors (Lipinski definition) is 6. The second kappa shape index (κ2) is 9.90. The van der Waals surface area contributed by atoms with Gasteiger partial charge in [-0.25, -0.2) is 0 Å². The van der Waals surface area contributed by atoms with Gasteiger partial charge in [0.2, 0.25) is 0 Å². The molecule has 27 heavy (non-hydrogen) atoms. The molecule has 0 aliphatic carbocycles. The summed E-state index contributed by atoms with van der Waals surface area (Å²) >= 11 is 1.74. The molecule has 1 aromatic heterocycles. The van der Waals surface area contributed by atoms with E-state index in [0.29, 0.717) is 11.8 Å². The van der Waals surface area contributed by atoms with Crippen molar-refractivity contribution in [1.82, 2.24) is 9.80 Å². The number of benzene rings is 1. The van der Waals surface area contributed by atoms with Crippen LogP contribution in [0.25, 0.3) is 6.08 Å². The van der Waals surface area contributed by atoms with E-state index in [0.717, 1.165) is 44.7 Å². The minimum atomic E-state index is 0.156. The number of nitrogens with zero attached hydrogens (tertiary/aromatic N) is 2. The van der Waals surface area contributed by atoms with E-state index < -0.39 is 0 Å². The van der Waals surface area contributed by atoms with E-state index in [4.69, 9.17) is 4.74 Å². The highest BCUT2D eigenvalue weighted by Gasteiger charge is 2.26. The first-order chi connectivity index (χ1) is 13.2. The highest BCUT2D eigenvalue weighted by molar-refractivity contribution is 7.07. The molecule has 0 saturated carbocycles. The van der Waals surface area contributed by atoms with Crippen LogP contribution in [0.2, 0.25) is 0 Å². The molecule has 2 heterocycles. The summed E-state index contributed by atoms with van der Waals surface area (Å²) in [6.07, 6.45) is 5.01. The van der Waals surface area contributed by atoms with Gasteiger partial charge >= 0.3 is 0 Å². The third kappa shape index (κ3) is 5.56. The van der Waals surface area contributed by atoms with Crippen molar-refractivity contribution in [2.24, 2.45) is 0 Å². The Balaban J connectivity index is 1.55. The van der Waals surface area contributed by atoms with E-state index >= 15 is 0 Å². The molecule has 2 N–H and O–H groups in total. The number of phenols is 1. The topological polar surface area (TPSA) is 56.2 Å². The van der Waals surface area contributed by atoms with Gasteiger partial charge in [-0.3, -0.25) is 9.80 Å². The summed E-state index contributed by atoms with van der Waals surface area (Å²) in [7, 11) is 1.55. The van der Waals surface area contributed by atoms with Crippen molar-refractivity contribution < 1.29 is 14.9 Å². The van der Waals surface area contributed by atoms with Crippen LogP contribution in [0.3, 0.4) is 0 Å². The number of aliphatic hydroxyl groups excluding tert-OH is 1. The van der Waals surface area contributed by atoms with Crippen molar-refractivity contribution >= 4 is 17.4 Å². The number of thiophene rings is 1. The molecule has 1 aliphatic heterocycles. The van der Waals surface area contributed by atoms with Gasteiger partial charge in [0.15, 0.2) is 11.5 Å². The van der Waals surface area contributed by atoms with Crippen LogP contribution < -0.4 is 4.74 Å². The monoisotopic (exact) mass is 388 g/mol. The summed E-state index contributed by atoms with van der Waals surface area (Å²) in [6, 6.07) is 7.92. The summed E-state index contributed by atoms with van der Waals surface area (Å²) in [6.45, 7) is 5.06. The first-order valence-electron chi connectivity index (χ1n) is 9.31. The van der Waals surface area contributed by atoms with Crippen LogP contribution in [0.5, 0.6) is 11.5 Å². The van der Waals surface area contributed by atoms with Crippen molar-refractivity contribution in [1.29, 1.82) is 0 Å². The summed E-state index contributed by atoms with van der Waals surface area (Å²) in [5, 5.41) is 23.5. The predicted molar refractivity (Wildman–Crippen MR) is 110 cm³/mol. The Morgan fingerprint density at radius 1 is 1.30 bits per heavy atom. The maximum Gasteiger partial charge on any atom is 0.161 e. The minimum absolute atomic E-state index is 0.156. The molecule has 1 aromatic carbocycles. The second-order valence-electron chi connectivity index (χ2n) is 6.86. The summed E-state index contributed by atoms with van der Waals surface area (Å²) in [4.78, 5) is 4.92. The molecule has 0 bridgehead atoms.